The normalized spacial score (nSPS) is 34.8. The van der Waals surface area contributed by atoms with Crippen molar-refractivity contribution in [3.63, 3.8) is 0 Å². The zero-order chi connectivity index (χ0) is 8.77. The molecule has 1 aromatic rings. The van der Waals surface area contributed by atoms with Gasteiger partial charge >= 0.3 is 0 Å². The molecule has 0 aliphatic heterocycles. The van der Waals surface area contributed by atoms with Gasteiger partial charge in [-0.15, -0.1) is 11.3 Å². The molecule has 1 heterocycles. The van der Waals surface area contributed by atoms with Gasteiger partial charge in [-0.25, -0.2) is 0 Å². The molecule has 2 rings (SSSR count). The topological polar surface area (TPSA) is 46.2 Å². The van der Waals surface area contributed by atoms with Crippen LogP contribution in [-0.2, 0) is 5.60 Å². The number of hydrogen-bond donors (Lipinski definition) is 2. The first-order valence-electron chi connectivity index (χ1n) is 4.14. The van der Waals surface area contributed by atoms with E-state index in [2.05, 4.69) is 0 Å². The number of rotatable bonds is 1. The van der Waals surface area contributed by atoms with Crippen LogP contribution in [-0.4, -0.2) is 11.1 Å². The molecule has 0 atom stereocenters. The molecular weight excluding hydrogens is 170 g/mol. The molecule has 0 bridgehead atoms. The second-order valence-corrected chi connectivity index (χ2v) is 4.71. The number of aliphatic hydroxyl groups is 1. The van der Waals surface area contributed by atoms with Gasteiger partial charge in [-0.3, -0.25) is 0 Å². The van der Waals surface area contributed by atoms with E-state index in [1.807, 2.05) is 18.4 Å². The fraction of sp³-hybridized carbons (Fsp3) is 0.556. The Balaban J connectivity index is 2.26. The lowest BCUT2D eigenvalue weighted by Gasteiger charge is -2.42. The third kappa shape index (κ3) is 1.09. The Labute approximate surface area is 76.0 Å². The Morgan fingerprint density at radius 3 is 2.75 bits per heavy atom. The van der Waals surface area contributed by atoms with Gasteiger partial charge in [0.1, 0.15) is 0 Å². The first kappa shape index (κ1) is 8.23. The summed E-state index contributed by atoms with van der Waals surface area (Å²) in [7, 11) is 0. The molecule has 0 saturated heterocycles. The van der Waals surface area contributed by atoms with Gasteiger partial charge < -0.3 is 10.8 Å². The standard InChI is InChI=1S/C9H13NOS/c1-6-8(2-3-12-6)9(11)4-7(10)5-9/h2-3,7,11H,4-5,10H2,1H3. The summed E-state index contributed by atoms with van der Waals surface area (Å²) in [6.45, 7) is 2.04. The minimum atomic E-state index is -0.608. The fourth-order valence-corrected chi connectivity index (χ4v) is 2.69. The highest BCUT2D eigenvalue weighted by Gasteiger charge is 2.43. The monoisotopic (exact) mass is 183 g/mol. The van der Waals surface area contributed by atoms with Crippen molar-refractivity contribution >= 4 is 11.3 Å². The van der Waals surface area contributed by atoms with Gasteiger partial charge in [0.25, 0.3) is 0 Å². The summed E-state index contributed by atoms with van der Waals surface area (Å²) >= 11 is 1.68. The third-order valence-electron chi connectivity index (χ3n) is 2.56. The maximum Gasteiger partial charge on any atom is 0.0936 e. The second-order valence-electron chi connectivity index (χ2n) is 3.59. The van der Waals surface area contributed by atoms with Crippen LogP contribution in [0.5, 0.6) is 0 Å². The van der Waals surface area contributed by atoms with Crippen LogP contribution in [0.25, 0.3) is 0 Å². The zero-order valence-electron chi connectivity index (χ0n) is 7.08. The zero-order valence-corrected chi connectivity index (χ0v) is 7.90. The van der Waals surface area contributed by atoms with E-state index in [9.17, 15) is 5.11 Å². The van der Waals surface area contributed by atoms with Crippen LogP contribution < -0.4 is 5.73 Å². The minimum absolute atomic E-state index is 0.189. The molecule has 1 aromatic heterocycles. The Morgan fingerprint density at radius 1 is 1.67 bits per heavy atom. The highest BCUT2D eigenvalue weighted by molar-refractivity contribution is 7.10. The SMILES string of the molecule is Cc1sccc1C1(O)CC(N)C1. The van der Waals surface area contributed by atoms with Crippen LogP contribution in [0, 0.1) is 6.92 Å². The lowest BCUT2D eigenvalue weighted by molar-refractivity contribution is -0.0523. The van der Waals surface area contributed by atoms with Crippen molar-refractivity contribution in [2.45, 2.75) is 31.4 Å². The minimum Gasteiger partial charge on any atom is -0.385 e. The molecule has 3 N–H and O–H groups in total. The van der Waals surface area contributed by atoms with Crippen LogP contribution in [0.2, 0.25) is 0 Å². The van der Waals surface area contributed by atoms with Gasteiger partial charge in [0.15, 0.2) is 0 Å². The van der Waals surface area contributed by atoms with Crippen molar-refractivity contribution in [3.8, 4) is 0 Å². The lowest BCUT2D eigenvalue weighted by Crippen LogP contribution is -2.49. The molecule has 0 radical (unpaired) electrons. The number of aryl methyl sites for hydroxylation is 1. The largest absolute Gasteiger partial charge is 0.385 e. The summed E-state index contributed by atoms with van der Waals surface area (Å²) in [4.78, 5) is 1.21. The van der Waals surface area contributed by atoms with Gasteiger partial charge in [-0.2, -0.15) is 0 Å². The van der Waals surface area contributed by atoms with Crippen LogP contribution in [0.1, 0.15) is 23.3 Å². The van der Waals surface area contributed by atoms with E-state index < -0.39 is 5.60 Å². The van der Waals surface area contributed by atoms with Gasteiger partial charge in [-0.1, -0.05) is 0 Å². The highest BCUT2D eigenvalue weighted by Crippen LogP contribution is 2.42. The molecule has 0 unspecified atom stereocenters. The van der Waals surface area contributed by atoms with E-state index >= 15 is 0 Å². The van der Waals surface area contributed by atoms with Crippen molar-refractivity contribution in [1.29, 1.82) is 0 Å². The molecule has 0 amide bonds. The Kier molecular flexibility index (Phi) is 1.75. The average Bonchev–Trinajstić information content (AvgIpc) is 2.32. The summed E-state index contributed by atoms with van der Waals surface area (Å²) in [6.07, 6.45) is 1.43. The first-order chi connectivity index (χ1) is 5.62. The number of nitrogens with two attached hydrogens (primary N) is 1. The molecule has 1 aliphatic carbocycles. The van der Waals surface area contributed by atoms with E-state index in [1.165, 1.54) is 4.88 Å². The Morgan fingerprint density at radius 2 is 2.33 bits per heavy atom. The van der Waals surface area contributed by atoms with E-state index in [0.29, 0.717) is 12.8 Å². The van der Waals surface area contributed by atoms with Crippen molar-refractivity contribution in [2.75, 3.05) is 0 Å². The van der Waals surface area contributed by atoms with Gasteiger partial charge in [-0.05, 0) is 36.8 Å². The summed E-state index contributed by atoms with van der Waals surface area (Å²) in [6, 6.07) is 2.19. The number of thiophene rings is 1. The first-order valence-corrected chi connectivity index (χ1v) is 5.02. The fourth-order valence-electron chi connectivity index (χ4n) is 1.90. The smallest absolute Gasteiger partial charge is 0.0936 e. The van der Waals surface area contributed by atoms with E-state index in [0.717, 1.165) is 5.56 Å². The summed E-state index contributed by atoms with van der Waals surface area (Å²) in [5.74, 6) is 0. The highest BCUT2D eigenvalue weighted by atomic mass is 32.1. The van der Waals surface area contributed by atoms with E-state index in [1.54, 1.807) is 11.3 Å². The van der Waals surface area contributed by atoms with Crippen molar-refractivity contribution < 1.29 is 5.11 Å². The van der Waals surface area contributed by atoms with Crippen LogP contribution in [0.15, 0.2) is 11.4 Å². The van der Waals surface area contributed by atoms with Crippen LogP contribution in [0.4, 0.5) is 0 Å². The van der Waals surface area contributed by atoms with Gasteiger partial charge in [0, 0.05) is 10.9 Å². The molecule has 0 aromatic carbocycles. The maximum absolute atomic E-state index is 10.0. The average molecular weight is 183 g/mol. The molecule has 3 heteroatoms. The molecule has 12 heavy (non-hydrogen) atoms. The molecule has 1 aliphatic rings. The summed E-state index contributed by atoms with van der Waals surface area (Å²) < 4.78 is 0. The van der Waals surface area contributed by atoms with Crippen LogP contribution >= 0.6 is 11.3 Å². The Hall–Kier alpha value is -0.380. The molecular formula is C9H13NOS. The molecule has 1 fully saturated rings. The Bertz CT molecular complexity index is 288. The lowest BCUT2D eigenvalue weighted by atomic mass is 9.72. The maximum atomic E-state index is 10.0. The quantitative estimate of drug-likeness (QED) is 0.690. The van der Waals surface area contributed by atoms with Gasteiger partial charge in [0.05, 0.1) is 5.60 Å². The predicted molar refractivity (Wildman–Crippen MR) is 50.2 cm³/mol. The predicted octanol–water partition coefficient (Wildman–Crippen LogP) is 1.37. The summed E-state index contributed by atoms with van der Waals surface area (Å²) in [5, 5.41) is 12.1. The molecule has 66 valence electrons. The van der Waals surface area contributed by atoms with Crippen molar-refractivity contribution in [3.05, 3.63) is 21.9 Å². The van der Waals surface area contributed by atoms with E-state index in [-0.39, 0.29) is 6.04 Å². The molecule has 0 spiro atoms. The molecule has 2 nitrogen and oxygen atoms in total. The van der Waals surface area contributed by atoms with Crippen molar-refractivity contribution in [2.24, 2.45) is 5.73 Å². The third-order valence-corrected chi connectivity index (χ3v) is 3.41. The number of hydrogen-bond acceptors (Lipinski definition) is 3. The summed E-state index contributed by atoms with van der Waals surface area (Å²) in [5.41, 5.74) is 6.12. The van der Waals surface area contributed by atoms with Crippen molar-refractivity contribution in [1.82, 2.24) is 0 Å². The van der Waals surface area contributed by atoms with Crippen LogP contribution in [0.3, 0.4) is 0 Å². The second kappa shape index (κ2) is 2.55. The van der Waals surface area contributed by atoms with Gasteiger partial charge in [0.2, 0.25) is 0 Å². The van der Waals surface area contributed by atoms with E-state index in [4.69, 9.17) is 5.73 Å². The molecule has 1 saturated carbocycles.